The third-order valence-corrected chi connectivity index (χ3v) is 4.66. The van der Waals surface area contributed by atoms with Gasteiger partial charge in [-0.1, -0.05) is 5.16 Å². The summed E-state index contributed by atoms with van der Waals surface area (Å²) >= 11 is 0. The predicted molar refractivity (Wildman–Crippen MR) is 89.6 cm³/mol. The molecule has 0 aromatic carbocycles. The molecule has 1 aromatic heterocycles. The summed E-state index contributed by atoms with van der Waals surface area (Å²) in [6.45, 7) is 7.83. The van der Waals surface area contributed by atoms with Crippen molar-refractivity contribution in [1.82, 2.24) is 30.2 Å². The first-order chi connectivity index (χ1) is 12.1. The number of aromatic nitrogens is 2. The average Bonchev–Trinajstić information content (AvgIpc) is 3.26. The standard InChI is InChI=1S/C16H26N6O3/c1-13-18-15(25-19-13)12-21-8-6-20(7-9-21)11-14(23)17-10-16(24)22-4-2-3-5-22/h2-12H2,1H3,(H,17,23). The Morgan fingerprint density at radius 2 is 1.76 bits per heavy atom. The molecule has 25 heavy (non-hydrogen) atoms. The Hall–Kier alpha value is -2.00. The topological polar surface area (TPSA) is 94.8 Å². The van der Waals surface area contributed by atoms with Crippen molar-refractivity contribution in [1.29, 1.82) is 0 Å². The van der Waals surface area contributed by atoms with Crippen molar-refractivity contribution >= 4 is 11.8 Å². The highest BCUT2D eigenvalue weighted by molar-refractivity contribution is 5.85. The molecule has 0 atom stereocenters. The highest BCUT2D eigenvalue weighted by atomic mass is 16.5. The number of piperazine rings is 1. The van der Waals surface area contributed by atoms with Gasteiger partial charge in [-0.15, -0.1) is 0 Å². The zero-order valence-electron chi connectivity index (χ0n) is 14.7. The molecule has 2 saturated heterocycles. The number of carbonyl (C=O) groups is 2. The van der Waals surface area contributed by atoms with Crippen LogP contribution >= 0.6 is 0 Å². The minimum atomic E-state index is -0.0893. The third kappa shape index (κ3) is 5.23. The van der Waals surface area contributed by atoms with Gasteiger partial charge in [0.1, 0.15) is 0 Å². The highest BCUT2D eigenvalue weighted by Crippen LogP contribution is 2.08. The largest absolute Gasteiger partial charge is 0.346 e. The van der Waals surface area contributed by atoms with Crippen molar-refractivity contribution in [3.8, 4) is 0 Å². The first-order valence-corrected chi connectivity index (χ1v) is 8.88. The lowest BCUT2D eigenvalue weighted by atomic mass is 10.3. The Morgan fingerprint density at radius 1 is 1.08 bits per heavy atom. The van der Waals surface area contributed by atoms with E-state index in [1.54, 1.807) is 6.92 Å². The first kappa shape index (κ1) is 17.8. The second-order valence-electron chi connectivity index (χ2n) is 6.65. The van der Waals surface area contributed by atoms with Crippen LogP contribution in [0.5, 0.6) is 0 Å². The van der Waals surface area contributed by atoms with E-state index in [9.17, 15) is 9.59 Å². The molecule has 2 aliphatic heterocycles. The molecule has 3 rings (SSSR count). The van der Waals surface area contributed by atoms with Gasteiger partial charge < -0.3 is 14.7 Å². The van der Waals surface area contributed by atoms with Crippen LogP contribution in [0.3, 0.4) is 0 Å². The molecule has 9 nitrogen and oxygen atoms in total. The van der Waals surface area contributed by atoms with Crippen LogP contribution < -0.4 is 5.32 Å². The van der Waals surface area contributed by atoms with E-state index < -0.39 is 0 Å². The van der Waals surface area contributed by atoms with Crippen LogP contribution in [-0.4, -0.2) is 89.0 Å². The molecule has 138 valence electrons. The van der Waals surface area contributed by atoms with Crippen LogP contribution in [-0.2, 0) is 16.1 Å². The maximum Gasteiger partial charge on any atom is 0.241 e. The number of carbonyl (C=O) groups excluding carboxylic acids is 2. The van der Waals surface area contributed by atoms with Crippen LogP contribution in [0.1, 0.15) is 24.6 Å². The molecule has 0 spiro atoms. The van der Waals surface area contributed by atoms with Gasteiger partial charge in [-0.05, 0) is 19.8 Å². The zero-order chi connectivity index (χ0) is 17.6. The molecule has 0 unspecified atom stereocenters. The van der Waals surface area contributed by atoms with E-state index in [2.05, 4.69) is 25.3 Å². The van der Waals surface area contributed by atoms with E-state index >= 15 is 0 Å². The maximum atomic E-state index is 12.0. The molecule has 2 aliphatic rings. The van der Waals surface area contributed by atoms with Crippen molar-refractivity contribution in [3.63, 3.8) is 0 Å². The Kier molecular flexibility index (Phi) is 5.98. The monoisotopic (exact) mass is 350 g/mol. The van der Waals surface area contributed by atoms with Crippen molar-refractivity contribution in [2.24, 2.45) is 0 Å². The summed E-state index contributed by atoms with van der Waals surface area (Å²) in [6, 6.07) is 0. The van der Waals surface area contributed by atoms with Gasteiger partial charge in [0.25, 0.3) is 0 Å². The molecule has 1 aromatic rings. The predicted octanol–water partition coefficient (Wildman–Crippen LogP) is -0.766. The molecule has 3 heterocycles. The minimum absolute atomic E-state index is 0.0190. The summed E-state index contributed by atoms with van der Waals surface area (Å²) in [5.74, 6) is 1.21. The van der Waals surface area contributed by atoms with E-state index in [1.165, 1.54) is 0 Å². The fourth-order valence-electron chi connectivity index (χ4n) is 3.21. The van der Waals surface area contributed by atoms with E-state index in [0.717, 1.165) is 52.1 Å². The lowest BCUT2D eigenvalue weighted by molar-refractivity contribution is -0.132. The summed E-state index contributed by atoms with van der Waals surface area (Å²) in [5.41, 5.74) is 0. The van der Waals surface area contributed by atoms with Gasteiger partial charge in [0.15, 0.2) is 5.82 Å². The number of aryl methyl sites for hydroxylation is 1. The second kappa shape index (κ2) is 8.39. The fraction of sp³-hybridized carbons (Fsp3) is 0.750. The van der Waals surface area contributed by atoms with Gasteiger partial charge in [0, 0.05) is 39.3 Å². The van der Waals surface area contributed by atoms with Gasteiger partial charge in [-0.3, -0.25) is 19.4 Å². The van der Waals surface area contributed by atoms with Crippen LogP contribution in [0.15, 0.2) is 4.52 Å². The zero-order valence-corrected chi connectivity index (χ0v) is 14.7. The molecule has 0 bridgehead atoms. The van der Waals surface area contributed by atoms with Gasteiger partial charge in [-0.25, -0.2) is 0 Å². The molecular weight excluding hydrogens is 324 g/mol. The summed E-state index contributed by atoms with van der Waals surface area (Å²) in [4.78, 5) is 34.3. The second-order valence-corrected chi connectivity index (χ2v) is 6.65. The Balaban J connectivity index is 1.32. The van der Waals surface area contributed by atoms with Gasteiger partial charge in [0.2, 0.25) is 17.7 Å². The quantitative estimate of drug-likeness (QED) is 0.720. The number of nitrogens with one attached hydrogen (secondary N) is 1. The first-order valence-electron chi connectivity index (χ1n) is 8.88. The van der Waals surface area contributed by atoms with Gasteiger partial charge in [-0.2, -0.15) is 4.98 Å². The summed E-state index contributed by atoms with van der Waals surface area (Å²) in [6.07, 6.45) is 2.13. The summed E-state index contributed by atoms with van der Waals surface area (Å²) in [7, 11) is 0. The average molecular weight is 350 g/mol. The molecule has 0 saturated carbocycles. The fourth-order valence-corrected chi connectivity index (χ4v) is 3.21. The van der Waals surface area contributed by atoms with E-state index in [-0.39, 0.29) is 18.4 Å². The SMILES string of the molecule is Cc1noc(CN2CCN(CC(=O)NCC(=O)N3CCCC3)CC2)n1. The lowest BCUT2D eigenvalue weighted by Crippen LogP contribution is -2.50. The number of amides is 2. The maximum absolute atomic E-state index is 12.0. The Morgan fingerprint density at radius 3 is 2.40 bits per heavy atom. The lowest BCUT2D eigenvalue weighted by Gasteiger charge is -2.33. The Labute approximate surface area is 147 Å². The summed E-state index contributed by atoms with van der Waals surface area (Å²) < 4.78 is 5.14. The third-order valence-electron chi connectivity index (χ3n) is 4.66. The number of hydrogen-bond donors (Lipinski definition) is 1. The molecule has 2 amide bonds. The van der Waals surface area contributed by atoms with Gasteiger partial charge in [0.05, 0.1) is 19.6 Å². The normalized spacial score (nSPS) is 19.3. The number of likely N-dealkylation sites (tertiary alicyclic amines) is 1. The molecule has 9 heteroatoms. The van der Waals surface area contributed by atoms with E-state index in [0.29, 0.717) is 24.8 Å². The smallest absolute Gasteiger partial charge is 0.241 e. The molecule has 0 radical (unpaired) electrons. The van der Waals surface area contributed by atoms with Crippen LogP contribution in [0.2, 0.25) is 0 Å². The minimum Gasteiger partial charge on any atom is -0.346 e. The van der Waals surface area contributed by atoms with Crippen molar-refractivity contribution < 1.29 is 14.1 Å². The van der Waals surface area contributed by atoms with E-state index in [4.69, 9.17) is 4.52 Å². The van der Waals surface area contributed by atoms with Crippen molar-refractivity contribution in [2.45, 2.75) is 26.3 Å². The number of rotatable bonds is 6. The summed E-state index contributed by atoms with van der Waals surface area (Å²) in [5, 5.41) is 6.53. The molecular formula is C16H26N6O3. The van der Waals surface area contributed by atoms with E-state index in [1.807, 2.05) is 4.90 Å². The number of nitrogens with zero attached hydrogens (tertiary/aromatic N) is 5. The van der Waals surface area contributed by atoms with Crippen molar-refractivity contribution in [2.75, 3.05) is 52.4 Å². The Bertz CT molecular complexity index is 590. The number of hydrogen-bond acceptors (Lipinski definition) is 7. The molecule has 2 fully saturated rings. The molecule has 1 N–H and O–H groups in total. The molecule has 0 aliphatic carbocycles. The van der Waals surface area contributed by atoms with Gasteiger partial charge >= 0.3 is 0 Å². The van der Waals surface area contributed by atoms with Crippen LogP contribution in [0.4, 0.5) is 0 Å². The van der Waals surface area contributed by atoms with Crippen LogP contribution in [0.25, 0.3) is 0 Å². The van der Waals surface area contributed by atoms with Crippen molar-refractivity contribution in [3.05, 3.63) is 11.7 Å². The van der Waals surface area contributed by atoms with Crippen LogP contribution in [0, 0.1) is 6.92 Å². The highest BCUT2D eigenvalue weighted by Gasteiger charge is 2.22.